The van der Waals surface area contributed by atoms with Crippen LogP contribution in [0.4, 0.5) is 0 Å². The van der Waals surface area contributed by atoms with Gasteiger partial charge >= 0.3 is 0 Å². The molecule has 0 bridgehead atoms. The Labute approximate surface area is 174 Å². The molecule has 29 heavy (non-hydrogen) atoms. The molecule has 1 aromatic rings. The van der Waals surface area contributed by atoms with E-state index in [2.05, 4.69) is 44.6 Å². The third kappa shape index (κ3) is 5.72. The van der Waals surface area contributed by atoms with Gasteiger partial charge in [-0.15, -0.1) is 0 Å². The largest absolute Gasteiger partial charge is 0.354 e. The van der Waals surface area contributed by atoms with Crippen molar-refractivity contribution in [3.05, 3.63) is 18.0 Å². The Hall–Kier alpha value is -2.09. The van der Waals surface area contributed by atoms with Crippen molar-refractivity contribution in [2.75, 3.05) is 40.8 Å². The summed E-state index contributed by atoms with van der Waals surface area (Å²) in [5.41, 5.74) is 1.17. The van der Waals surface area contributed by atoms with E-state index in [1.807, 2.05) is 24.1 Å². The van der Waals surface area contributed by atoms with E-state index in [4.69, 9.17) is 0 Å². The molecule has 0 aromatic carbocycles. The van der Waals surface area contributed by atoms with Crippen molar-refractivity contribution in [3.8, 4) is 0 Å². The van der Waals surface area contributed by atoms with Crippen molar-refractivity contribution < 1.29 is 4.79 Å². The highest BCUT2D eigenvalue weighted by Crippen LogP contribution is 2.26. The first-order valence-corrected chi connectivity index (χ1v) is 10.9. The quantitative estimate of drug-likeness (QED) is 0.554. The van der Waals surface area contributed by atoms with Gasteiger partial charge in [-0.25, -0.2) is 0 Å². The van der Waals surface area contributed by atoms with Gasteiger partial charge in [0.25, 0.3) is 0 Å². The number of aliphatic imine (C=N–C) groups is 1. The number of carbonyl (C=O) groups excluding carboxylic acids is 1. The molecule has 8 nitrogen and oxygen atoms in total. The molecule has 2 unspecified atom stereocenters. The van der Waals surface area contributed by atoms with Gasteiger partial charge in [-0.05, 0) is 33.4 Å². The monoisotopic (exact) mass is 403 g/mol. The molecular weight excluding hydrogens is 366 g/mol. The van der Waals surface area contributed by atoms with E-state index in [0.717, 1.165) is 44.9 Å². The van der Waals surface area contributed by atoms with Crippen molar-refractivity contribution in [1.29, 1.82) is 0 Å². The first-order valence-electron chi connectivity index (χ1n) is 10.9. The zero-order chi connectivity index (χ0) is 20.8. The highest BCUT2D eigenvalue weighted by atomic mass is 16.2. The van der Waals surface area contributed by atoms with E-state index in [1.54, 1.807) is 7.05 Å². The van der Waals surface area contributed by atoms with Gasteiger partial charge in [-0.3, -0.25) is 14.5 Å². The lowest BCUT2D eigenvalue weighted by molar-refractivity contribution is -0.135. The van der Waals surface area contributed by atoms with Crippen molar-refractivity contribution in [2.24, 2.45) is 18.0 Å². The SMILES string of the molecule is CN=C(NCC(c1cnn(C)c1)N(C)C)NC1CCN(C(=O)C2CCCCC2)C1. The Morgan fingerprint density at radius 1 is 1.31 bits per heavy atom. The Balaban J connectivity index is 1.49. The van der Waals surface area contributed by atoms with Crippen LogP contribution in [0.1, 0.15) is 50.1 Å². The molecular formula is C21H37N7O. The molecule has 2 atom stereocenters. The van der Waals surface area contributed by atoms with Crippen molar-refractivity contribution >= 4 is 11.9 Å². The molecule has 1 saturated heterocycles. The summed E-state index contributed by atoms with van der Waals surface area (Å²) in [4.78, 5) is 21.4. The Morgan fingerprint density at radius 3 is 2.69 bits per heavy atom. The molecule has 162 valence electrons. The molecule has 1 aliphatic heterocycles. The summed E-state index contributed by atoms with van der Waals surface area (Å²) in [6.07, 6.45) is 10.7. The topological polar surface area (TPSA) is 77.8 Å². The summed E-state index contributed by atoms with van der Waals surface area (Å²) in [6, 6.07) is 0.458. The van der Waals surface area contributed by atoms with E-state index in [1.165, 1.54) is 24.8 Å². The van der Waals surface area contributed by atoms with Crippen LogP contribution in [0.5, 0.6) is 0 Å². The fourth-order valence-corrected chi connectivity index (χ4v) is 4.48. The van der Waals surface area contributed by atoms with Gasteiger partial charge in [-0.2, -0.15) is 5.10 Å². The number of aryl methyl sites for hydroxylation is 1. The van der Waals surface area contributed by atoms with E-state index in [9.17, 15) is 4.79 Å². The number of hydrogen-bond acceptors (Lipinski definition) is 4. The van der Waals surface area contributed by atoms with Crippen LogP contribution in [-0.4, -0.2) is 78.3 Å². The van der Waals surface area contributed by atoms with Crippen LogP contribution in [0.2, 0.25) is 0 Å². The third-order valence-electron chi connectivity index (χ3n) is 6.21. The van der Waals surface area contributed by atoms with Crippen LogP contribution in [0.15, 0.2) is 17.4 Å². The molecule has 2 fully saturated rings. The summed E-state index contributed by atoms with van der Waals surface area (Å²) in [7, 11) is 7.87. The summed E-state index contributed by atoms with van der Waals surface area (Å²) >= 11 is 0. The molecule has 1 aromatic heterocycles. The molecule has 2 aliphatic rings. The standard InChI is InChI=1S/C21H37N7O/c1-22-21(23-13-19(26(2)3)17-12-24-27(4)14-17)25-18-10-11-28(15-18)20(29)16-8-6-5-7-9-16/h12,14,16,18-19H,5-11,13,15H2,1-4H3,(H2,22,23,25). The lowest BCUT2D eigenvalue weighted by atomic mass is 9.88. The third-order valence-corrected chi connectivity index (χ3v) is 6.21. The van der Waals surface area contributed by atoms with Crippen LogP contribution in [-0.2, 0) is 11.8 Å². The lowest BCUT2D eigenvalue weighted by Gasteiger charge is -2.27. The van der Waals surface area contributed by atoms with E-state index in [-0.39, 0.29) is 18.0 Å². The highest BCUT2D eigenvalue weighted by Gasteiger charge is 2.31. The average Bonchev–Trinajstić information content (AvgIpc) is 3.36. The second-order valence-corrected chi connectivity index (χ2v) is 8.63. The summed E-state index contributed by atoms with van der Waals surface area (Å²) in [6.45, 7) is 2.35. The minimum absolute atomic E-state index is 0.204. The molecule has 3 rings (SSSR count). The molecule has 0 radical (unpaired) electrons. The second-order valence-electron chi connectivity index (χ2n) is 8.63. The van der Waals surface area contributed by atoms with Gasteiger partial charge in [0.05, 0.1) is 12.2 Å². The first-order chi connectivity index (χ1) is 14.0. The maximum absolute atomic E-state index is 12.8. The van der Waals surface area contributed by atoms with Gasteiger partial charge in [0, 0.05) is 57.4 Å². The lowest BCUT2D eigenvalue weighted by Crippen LogP contribution is -2.47. The summed E-state index contributed by atoms with van der Waals surface area (Å²) in [5, 5.41) is 11.3. The van der Waals surface area contributed by atoms with Gasteiger partial charge in [0.15, 0.2) is 5.96 Å². The van der Waals surface area contributed by atoms with Crippen molar-refractivity contribution in [3.63, 3.8) is 0 Å². The molecule has 1 aliphatic carbocycles. The number of hydrogen-bond donors (Lipinski definition) is 2. The number of likely N-dealkylation sites (N-methyl/N-ethyl adjacent to an activating group) is 1. The Kier molecular flexibility index (Phi) is 7.52. The maximum Gasteiger partial charge on any atom is 0.225 e. The first kappa shape index (κ1) is 21.6. The van der Waals surface area contributed by atoms with Gasteiger partial charge in [0.2, 0.25) is 5.91 Å². The smallest absolute Gasteiger partial charge is 0.225 e. The molecule has 1 amide bonds. The number of aromatic nitrogens is 2. The fraction of sp³-hybridized carbons (Fsp3) is 0.762. The zero-order valence-corrected chi connectivity index (χ0v) is 18.4. The number of nitrogens with one attached hydrogen (secondary N) is 2. The fourth-order valence-electron chi connectivity index (χ4n) is 4.48. The number of likely N-dealkylation sites (tertiary alicyclic amines) is 1. The van der Waals surface area contributed by atoms with Crippen LogP contribution < -0.4 is 10.6 Å². The van der Waals surface area contributed by atoms with E-state index in [0.29, 0.717) is 5.91 Å². The van der Waals surface area contributed by atoms with Crippen LogP contribution in [0, 0.1) is 5.92 Å². The predicted molar refractivity (Wildman–Crippen MR) is 116 cm³/mol. The van der Waals surface area contributed by atoms with E-state index < -0.39 is 0 Å². The average molecular weight is 404 g/mol. The van der Waals surface area contributed by atoms with Crippen LogP contribution >= 0.6 is 0 Å². The Morgan fingerprint density at radius 2 is 2.07 bits per heavy atom. The Bertz CT molecular complexity index is 693. The number of nitrogens with zero attached hydrogens (tertiary/aromatic N) is 5. The van der Waals surface area contributed by atoms with Crippen LogP contribution in [0.25, 0.3) is 0 Å². The predicted octanol–water partition coefficient (Wildman–Crippen LogP) is 1.37. The second kappa shape index (κ2) is 10.1. The molecule has 2 N–H and O–H groups in total. The number of carbonyl (C=O) groups is 1. The van der Waals surface area contributed by atoms with Crippen LogP contribution in [0.3, 0.4) is 0 Å². The molecule has 1 saturated carbocycles. The van der Waals surface area contributed by atoms with Gasteiger partial charge in [0.1, 0.15) is 0 Å². The van der Waals surface area contributed by atoms with Gasteiger partial charge in [-0.1, -0.05) is 19.3 Å². The number of amides is 1. The molecule has 0 spiro atoms. The molecule has 8 heteroatoms. The number of guanidine groups is 1. The molecule has 2 heterocycles. The van der Waals surface area contributed by atoms with Crippen molar-refractivity contribution in [2.45, 2.75) is 50.6 Å². The van der Waals surface area contributed by atoms with Crippen molar-refractivity contribution in [1.82, 2.24) is 30.2 Å². The minimum atomic E-state index is 0.204. The van der Waals surface area contributed by atoms with Gasteiger partial charge < -0.3 is 20.4 Å². The number of rotatable bonds is 6. The maximum atomic E-state index is 12.8. The van der Waals surface area contributed by atoms with E-state index >= 15 is 0 Å². The summed E-state index contributed by atoms with van der Waals surface area (Å²) < 4.78 is 1.83. The zero-order valence-electron chi connectivity index (χ0n) is 18.4. The highest BCUT2D eigenvalue weighted by molar-refractivity contribution is 5.81. The summed E-state index contributed by atoms with van der Waals surface area (Å²) in [5.74, 6) is 1.40. The minimum Gasteiger partial charge on any atom is -0.354 e. The normalized spacial score (nSPS) is 22.2.